The molecule has 5 rings (SSSR count). The van der Waals surface area contributed by atoms with Crippen LogP contribution in [0.25, 0.3) is 17.0 Å². The number of fused-ring (bicyclic) bond motifs is 1. The Labute approximate surface area is 207 Å². The zero-order valence-corrected chi connectivity index (χ0v) is 19.2. The molecule has 0 N–H and O–H groups in total. The van der Waals surface area contributed by atoms with Gasteiger partial charge in [0.05, 0.1) is 21.2 Å². The van der Waals surface area contributed by atoms with Crippen molar-refractivity contribution in [1.82, 2.24) is 0 Å². The Morgan fingerprint density at radius 2 is 1.66 bits per heavy atom. The Morgan fingerprint density at radius 3 is 2.43 bits per heavy atom. The zero-order valence-electron chi connectivity index (χ0n) is 17.7. The summed E-state index contributed by atoms with van der Waals surface area (Å²) in [6.45, 7) is 0. The second-order valence-electron chi connectivity index (χ2n) is 7.36. The lowest BCUT2D eigenvalue weighted by molar-refractivity contribution is -0.129. The van der Waals surface area contributed by atoms with E-state index in [1.807, 2.05) is 0 Å². The molecule has 7 nitrogen and oxygen atoms in total. The first kappa shape index (κ1) is 22.6. The van der Waals surface area contributed by atoms with Gasteiger partial charge in [-0.2, -0.15) is 0 Å². The summed E-state index contributed by atoms with van der Waals surface area (Å²) in [6, 6.07) is 19.0. The number of ether oxygens (including phenoxy) is 2. The SMILES string of the molecule is O=C1OC(c2ccccc2Cl)=N/C1=C/c1cc(=O)oc2cc(OC(=O)c3ccccc3Cl)ccc12. The van der Waals surface area contributed by atoms with E-state index in [0.29, 0.717) is 21.5 Å². The van der Waals surface area contributed by atoms with E-state index in [1.165, 1.54) is 30.3 Å². The standard InChI is InChI=1S/C26H13Cl2NO6/c27-19-7-3-1-5-17(19)24-29-21(26(32)35-24)11-14-12-23(30)34-22-13-15(9-10-16(14)22)33-25(31)18-6-2-4-8-20(18)28/h1-13H/b21-11+. The largest absolute Gasteiger partial charge is 0.423 e. The lowest BCUT2D eigenvalue weighted by Gasteiger charge is -2.07. The average molecular weight is 506 g/mol. The number of benzene rings is 3. The van der Waals surface area contributed by atoms with Crippen LogP contribution in [0.1, 0.15) is 21.5 Å². The number of halogens is 2. The highest BCUT2D eigenvalue weighted by atomic mass is 35.5. The monoisotopic (exact) mass is 505 g/mol. The smallest absolute Gasteiger partial charge is 0.363 e. The van der Waals surface area contributed by atoms with Crippen LogP contribution in [0.15, 0.2) is 92.7 Å². The molecular weight excluding hydrogens is 493 g/mol. The first-order chi connectivity index (χ1) is 16.9. The fraction of sp³-hybridized carbons (Fsp3) is 0. The highest BCUT2D eigenvalue weighted by Crippen LogP contribution is 2.28. The van der Waals surface area contributed by atoms with Gasteiger partial charge in [-0.3, -0.25) is 0 Å². The molecule has 0 atom stereocenters. The second kappa shape index (κ2) is 9.21. The molecule has 1 aliphatic heterocycles. The topological polar surface area (TPSA) is 95.2 Å². The zero-order chi connectivity index (χ0) is 24.5. The van der Waals surface area contributed by atoms with E-state index >= 15 is 0 Å². The average Bonchev–Trinajstić information content (AvgIpc) is 3.19. The quantitative estimate of drug-likeness (QED) is 0.153. The Balaban J connectivity index is 1.50. The summed E-state index contributed by atoms with van der Waals surface area (Å²) in [6.07, 6.45) is 1.42. The highest BCUT2D eigenvalue weighted by Gasteiger charge is 2.26. The van der Waals surface area contributed by atoms with Crippen molar-refractivity contribution in [2.75, 3.05) is 0 Å². The van der Waals surface area contributed by atoms with Crippen molar-refractivity contribution in [3.05, 3.63) is 116 Å². The third-order valence-electron chi connectivity index (χ3n) is 5.07. The Hall–Kier alpha value is -4.20. The fourth-order valence-electron chi connectivity index (χ4n) is 3.45. The molecule has 0 saturated carbocycles. The molecule has 0 aliphatic carbocycles. The molecular formula is C26H13Cl2NO6. The molecule has 0 amide bonds. The van der Waals surface area contributed by atoms with Gasteiger partial charge in [-0.1, -0.05) is 47.5 Å². The minimum Gasteiger partial charge on any atom is -0.423 e. The Bertz CT molecular complexity index is 1640. The van der Waals surface area contributed by atoms with Gasteiger partial charge in [-0.25, -0.2) is 19.4 Å². The number of carbonyl (C=O) groups excluding carboxylic acids is 2. The maximum atomic E-state index is 12.5. The predicted molar refractivity (Wildman–Crippen MR) is 131 cm³/mol. The van der Waals surface area contributed by atoms with Gasteiger partial charge in [-0.15, -0.1) is 0 Å². The summed E-state index contributed by atoms with van der Waals surface area (Å²) >= 11 is 12.2. The third-order valence-corrected chi connectivity index (χ3v) is 5.73. The molecule has 3 aromatic carbocycles. The number of rotatable bonds is 4. The molecule has 0 bridgehead atoms. The van der Waals surface area contributed by atoms with Crippen molar-refractivity contribution in [2.24, 2.45) is 4.99 Å². The molecule has 1 aliphatic rings. The summed E-state index contributed by atoms with van der Waals surface area (Å²) in [5.74, 6) is -1.14. The summed E-state index contributed by atoms with van der Waals surface area (Å²) in [5, 5.41) is 1.12. The van der Waals surface area contributed by atoms with Crippen molar-refractivity contribution < 1.29 is 23.5 Å². The predicted octanol–water partition coefficient (Wildman–Crippen LogP) is 5.66. The summed E-state index contributed by atoms with van der Waals surface area (Å²) < 4.78 is 15.9. The van der Waals surface area contributed by atoms with Gasteiger partial charge in [0.1, 0.15) is 11.3 Å². The maximum Gasteiger partial charge on any atom is 0.363 e. The van der Waals surface area contributed by atoms with E-state index in [2.05, 4.69) is 4.99 Å². The lowest BCUT2D eigenvalue weighted by Crippen LogP contribution is -2.09. The number of aliphatic imine (C=N–C) groups is 1. The minimum atomic E-state index is -0.688. The van der Waals surface area contributed by atoms with Crippen LogP contribution < -0.4 is 10.4 Å². The summed E-state index contributed by atoms with van der Waals surface area (Å²) in [4.78, 5) is 41.3. The maximum absolute atomic E-state index is 12.5. The van der Waals surface area contributed by atoms with E-state index < -0.39 is 17.6 Å². The van der Waals surface area contributed by atoms with E-state index in [1.54, 1.807) is 48.5 Å². The second-order valence-corrected chi connectivity index (χ2v) is 8.18. The van der Waals surface area contributed by atoms with Crippen LogP contribution in [-0.2, 0) is 9.53 Å². The molecule has 172 valence electrons. The first-order valence-corrected chi connectivity index (χ1v) is 11.0. The van der Waals surface area contributed by atoms with Crippen LogP contribution in [0.5, 0.6) is 5.75 Å². The van der Waals surface area contributed by atoms with Crippen LogP contribution in [0.4, 0.5) is 0 Å². The van der Waals surface area contributed by atoms with Gasteiger partial charge in [0.2, 0.25) is 5.90 Å². The van der Waals surface area contributed by atoms with Crippen molar-refractivity contribution in [3.8, 4) is 5.75 Å². The van der Waals surface area contributed by atoms with E-state index in [9.17, 15) is 14.4 Å². The Morgan fingerprint density at radius 1 is 0.914 bits per heavy atom. The van der Waals surface area contributed by atoms with Gasteiger partial charge >= 0.3 is 17.6 Å². The van der Waals surface area contributed by atoms with Gasteiger partial charge in [0.25, 0.3) is 0 Å². The van der Waals surface area contributed by atoms with Crippen LogP contribution >= 0.6 is 23.2 Å². The molecule has 1 aromatic heterocycles. The number of hydrogen-bond donors (Lipinski definition) is 0. The number of carbonyl (C=O) groups is 2. The number of esters is 2. The van der Waals surface area contributed by atoms with Gasteiger partial charge in [0, 0.05) is 17.5 Å². The number of hydrogen-bond acceptors (Lipinski definition) is 7. The summed E-state index contributed by atoms with van der Waals surface area (Å²) in [5.41, 5.74) is 0.503. The molecule has 0 fully saturated rings. The van der Waals surface area contributed by atoms with E-state index in [4.69, 9.17) is 37.1 Å². The van der Waals surface area contributed by atoms with E-state index in [-0.39, 0.29) is 33.5 Å². The molecule has 35 heavy (non-hydrogen) atoms. The minimum absolute atomic E-state index is 0.0129. The Kier molecular flexibility index (Phi) is 5.94. The number of nitrogens with zero attached hydrogens (tertiary/aromatic N) is 1. The number of cyclic esters (lactones) is 1. The van der Waals surface area contributed by atoms with Crippen LogP contribution in [0.3, 0.4) is 0 Å². The van der Waals surface area contributed by atoms with Crippen molar-refractivity contribution in [3.63, 3.8) is 0 Å². The van der Waals surface area contributed by atoms with E-state index in [0.717, 1.165) is 0 Å². The first-order valence-electron chi connectivity index (χ1n) is 10.2. The van der Waals surface area contributed by atoms with Crippen molar-refractivity contribution in [2.45, 2.75) is 0 Å². The van der Waals surface area contributed by atoms with Crippen molar-refractivity contribution in [1.29, 1.82) is 0 Å². The van der Waals surface area contributed by atoms with Gasteiger partial charge < -0.3 is 13.9 Å². The fourth-order valence-corrected chi connectivity index (χ4v) is 3.88. The van der Waals surface area contributed by atoms with Crippen LogP contribution in [-0.4, -0.2) is 17.8 Å². The lowest BCUT2D eigenvalue weighted by atomic mass is 10.1. The third kappa shape index (κ3) is 4.59. The van der Waals surface area contributed by atoms with Gasteiger partial charge in [0.15, 0.2) is 5.70 Å². The molecule has 9 heteroatoms. The molecule has 4 aromatic rings. The molecule has 2 heterocycles. The van der Waals surface area contributed by atoms with Crippen molar-refractivity contribution >= 4 is 58.1 Å². The molecule has 0 radical (unpaired) electrons. The normalized spacial score (nSPS) is 14.2. The van der Waals surface area contributed by atoms with Crippen LogP contribution in [0.2, 0.25) is 10.0 Å². The molecule has 0 unspecified atom stereocenters. The van der Waals surface area contributed by atoms with Gasteiger partial charge in [-0.05, 0) is 48.0 Å². The molecule has 0 saturated heterocycles. The highest BCUT2D eigenvalue weighted by molar-refractivity contribution is 6.34. The summed E-state index contributed by atoms with van der Waals surface area (Å²) in [7, 11) is 0. The van der Waals surface area contributed by atoms with Crippen LogP contribution in [0, 0.1) is 0 Å². The molecule has 0 spiro atoms.